The van der Waals surface area contributed by atoms with E-state index >= 15 is 0 Å². The van der Waals surface area contributed by atoms with E-state index in [0.717, 1.165) is 22.8 Å². The Kier molecular flexibility index (Phi) is 4.50. The van der Waals surface area contributed by atoms with E-state index in [-0.39, 0.29) is 6.10 Å². The second-order valence-electron chi connectivity index (χ2n) is 6.37. The van der Waals surface area contributed by atoms with Gasteiger partial charge in [0, 0.05) is 36.3 Å². The van der Waals surface area contributed by atoms with Crippen molar-refractivity contribution >= 4 is 5.82 Å². The van der Waals surface area contributed by atoms with E-state index < -0.39 is 6.10 Å². The molecule has 4 rings (SSSR count). The summed E-state index contributed by atoms with van der Waals surface area (Å²) in [5, 5.41) is 10.4. The highest BCUT2D eigenvalue weighted by Crippen LogP contribution is 2.25. The van der Waals surface area contributed by atoms with Gasteiger partial charge in [0.15, 0.2) is 5.82 Å². The van der Waals surface area contributed by atoms with Crippen molar-refractivity contribution in [3.63, 3.8) is 0 Å². The summed E-state index contributed by atoms with van der Waals surface area (Å²) in [4.78, 5) is 15.3. The molecular formula is C20H20N4O2. The van der Waals surface area contributed by atoms with Gasteiger partial charge in [0.05, 0.1) is 6.54 Å². The molecule has 1 fully saturated rings. The normalized spacial score (nSPS) is 19.5. The van der Waals surface area contributed by atoms with Crippen LogP contribution < -0.4 is 9.64 Å². The summed E-state index contributed by atoms with van der Waals surface area (Å²) in [5.41, 5.74) is 1.74. The predicted octanol–water partition coefficient (Wildman–Crippen LogP) is 2.48. The summed E-state index contributed by atoms with van der Waals surface area (Å²) in [7, 11) is 0. The van der Waals surface area contributed by atoms with Gasteiger partial charge in [0.1, 0.15) is 23.8 Å². The summed E-state index contributed by atoms with van der Waals surface area (Å²) >= 11 is 0. The highest BCUT2D eigenvalue weighted by atomic mass is 16.5. The Bertz CT molecular complexity index is 873. The van der Waals surface area contributed by atoms with Gasteiger partial charge in [-0.2, -0.15) is 0 Å². The number of benzene rings is 1. The third-order valence-corrected chi connectivity index (χ3v) is 4.35. The minimum atomic E-state index is -0.577. The molecule has 1 N–H and O–H groups in total. The van der Waals surface area contributed by atoms with E-state index in [4.69, 9.17) is 4.74 Å². The van der Waals surface area contributed by atoms with Gasteiger partial charge < -0.3 is 14.7 Å². The number of hydrogen-bond acceptors (Lipinski definition) is 6. The van der Waals surface area contributed by atoms with Crippen LogP contribution in [0, 0.1) is 6.92 Å². The molecular weight excluding hydrogens is 328 g/mol. The van der Waals surface area contributed by atoms with E-state index in [1.165, 1.54) is 0 Å². The summed E-state index contributed by atoms with van der Waals surface area (Å²) in [6.07, 6.45) is 2.60. The van der Waals surface area contributed by atoms with Crippen molar-refractivity contribution < 1.29 is 9.84 Å². The fraction of sp³-hybridized carbons (Fsp3) is 0.250. The van der Waals surface area contributed by atoms with Gasteiger partial charge in [-0.15, -0.1) is 0 Å². The molecule has 6 nitrogen and oxygen atoms in total. The van der Waals surface area contributed by atoms with Gasteiger partial charge in [-0.3, -0.25) is 4.98 Å². The Morgan fingerprint density at radius 3 is 2.69 bits per heavy atom. The van der Waals surface area contributed by atoms with Crippen LogP contribution in [0.5, 0.6) is 5.75 Å². The fourth-order valence-corrected chi connectivity index (χ4v) is 3.07. The highest BCUT2D eigenvalue weighted by molar-refractivity contribution is 5.57. The third-order valence-electron chi connectivity index (χ3n) is 4.35. The number of pyridine rings is 1. The van der Waals surface area contributed by atoms with Gasteiger partial charge >= 0.3 is 0 Å². The molecule has 0 bridgehead atoms. The number of nitrogens with zero attached hydrogens (tertiary/aromatic N) is 4. The molecule has 1 aliphatic rings. The molecule has 0 amide bonds. The predicted molar refractivity (Wildman–Crippen MR) is 99.1 cm³/mol. The molecule has 0 radical (unpaired) electrons. The summed E-state index contributed by atoms with van der Waals surface area (Å²) in [6.45, 7) is 2.98. The van der Waals surface area contributed by atoms with E-state index in [0.29, 0.717) is 18.9 Å². The van der Waals surface area contributed by atoms with Crippen LogP contribution in [0.15, 0.2) is 60.9 Å². The second kappa shape index (κ2) is 7.09. The van der Waals surface area contributed by atoms with Crippen LogP contribution in [0.2, 0.25) is 0 Å². The monoisotopic (exact) mass is 348 g/mol. The Morgan fingerprint density at radius 2 is 1.92 bits per heavy atom. The van der Waals surface area contributed by atoms with Crippen LogP contribution in [0.1, 0.15) is 5.69 Å². The number of aliphatic hydroxyl groups is 1. The summed E-state index contributed by atoms with van der Waals surface area (Å²) < 4.78 is 5.94. The number of rotatable bonds is 4. The highest BCUT2D eigenvalue weighted by Gasteiger charge is 2.34. The van der Waals surface area contributed by atoms with E-state index in [1.807, 2.05) is 60.4 Å². The average Bonchev–Trinajstić information content (AvgIpc) is 3.03. The van der Waals surface area contributed by atoms with Gasteiger partial charge in [-0.25, -0.2) is 9.97 Å². The number of β-amino-alcohol motifs (C(OH)–C–C–N with tert-alkyl or cyclic N) is 1. The molecule has 0 saturated carbocycles. The number of aliphatic hydroxyl groups excluding tert-OH is 1. The molecule has 1 aromatic carbocycles. The Labute approximate surface area is 152 Å². The zero-order chi connectivity index (χ0) is 17.9. The number of hydrogen-bond donors (Lipinski definition) is 1. The fourth-order valence-electron chi connectivity index (χ4n) is 3.07. The third kappa shape index (κ3) is 3.50. The Morgan fingerprint density at radius 1 is 1.08 bits per heavy atom. The lowest BCUT2D eigenvalue weighted by atomic mass is 10.2. The van der Waals surface area contributed by atoms with Crippen molar-refractivity contribution in [2.45, 2.75) is 19.1 Å². The number of anilines is 1. The first-order valence-electron chi connectivity index (χ1n) is 8.60. The first-order chi connectivity index (χ1) is 12.7. The molecule has 1 saturated heterocycles. The quantitative estimate of drug-likeness (QED) is 0.781. The second-order valence-corrected chi connectivity index (χ2v) is 6.37. The molecule has 26 heavy (non-hydrogen) atoms. The molecule has 3 heterocycles. The van der Waals surface area contributed by atoms with Gasteiger partial charge in [-0.05, 0) is 31.2 Å². The minimum absolute atomic E-state index is 0.297. The van der Waals surface area contributed by atoms with Gasteiger partial charge in [0.2, 0.25) is 0 Å². The SMILES string of the molecule is Cc1cc(N2C[C@@H](O)[C@H](Oc3ccccc3)C2)nc(-c2cccnc2)n1. The van der Waals surface area contributed by atoms with Crippen molar-refractivity contribution in [1.82, 2.24) is 15.0 Å². The number of aryl methyl sites for hydroxylation is 1. The van der Waals surface area contributed by atoms with Crippen LogP contribution in [-0.2, 0) is 0 Å². The van der Waals surface area contributed by atoms with Gasteiger partial charge in [0.25, 0.3) is 0 Å². The van der Waals surface area contributed by atoms with Crippen LogP contribution in [0.4, 0.5) is 5.82 Å². The van der Waals surface area contributed by atoms with Crippen molar-refractivity contribution in [3.05, 3.63) is 66.6 Å². The van der Waals surface area contributed by atoms with Crippen LogP contribution in [-0.4, -0.2) is 45.4 Å². The van der Waals surface area contributed by atoms with Crippen molar-refractivity contribution in [3.8, 4) is 17.1 Å². The number of ether oxygens (including phenoxy) is 1. The molecule has 6 heteroatoms. The maximum Gasteiger partial charge on any atom is 0.163 e. The molecule has 3 aromatic rings. The molecule has 1 aliphatic heterocycles. The first kappa shape index (κ1) is 16.5. The lowest BCUT2D eigenvalue weighted by Crippen LogP contribution is -2.29. The zero-order valence-corrected chi connectivity index (χ0v) is 14.5. The molecule has 0 unspecified atom stereocenters. The maximum absolute atomic E-state index is 10.4. The van der Waals surface area contributed by atoms with E-state index in [2.05, 4.69) is 15.0 Å². The molecule has 2 atom stereocenters. The lowest BCUT2D eigenvalue weighted by Gasteiger charge is -2.18. The standard InChI is InChI=1S/C20H20N4O2/c1-14-10-19(23-20(22-14)15-6-5-9-21-11-15)24-12-17(25)18(13-24)26-16-7-3-2-4-8-16/h2-11,17-18,25H,12-13H2,1H3/t17-,18-/m1/s1. The Balaban J connectivity index is 1.55. The first-order valence-corrected chi connectivity index (χ1v) is 8.60. The maximum atomic E-state index is 10.4. The number of para-hydroxylation sites is 1. The topological polar surface area (TPSA) is 71.4 Å². The van der Waals surface area contributed by atoms with Crippen molar-refractivity contribution in [2.24, 2.45) is 0 Å². The van der Waals surface area contributed by atoms with Crippen LogP contribution >= 0.6 is 0 Å². The summed E-state index contributed by atoms with van der Waals surface area (Å²) in [6, 6.07) is 15.3. The van der Waals surface area contributed by atoms with Crippen LogP contribution in [0.3, 0.4) is 0 Å². The average molecular weight is 348 g/mol. The molecule has 132 valence electrons. The minimum Gasteiger partial charge on any atom is -0.486 e. The number of aromatic nitrogens is 3. The van der Waals surface area contributed by atoms with Crippen molar-refractivity contribution in [2.75, 3.05) is 18.0 Å². The molecule has 0 aliphatic carbocycles. The molecule has 0 spiro atoms. The van der Waals surface area contributed by atoms with E-state index in [9.17, 15) is 5.11 Å². The lowest BCUT2D eigenvalue weighted by molar-refractivity contribution is 0.0738. The smallest absolute Gasteiger partial charge is 0.163 e. The molecule has 2 aromatic heterocycles. The Hall–Kier alpha value is -2.99. The largest absolute Gasteiger partial charge is 0.486 e. The van der Waals surface area contributed by atoms with Crippen LogP contribution in [0.25, 0.3) is 11.4 Å². The summed E-state index contributed by atoms with van der Waals surface area (Å²) in [5.74, 6) is 2.18. The van der Waals surface area contributed by atoms with E-state index in [1.54, 1.807) is 12.4 Å². The van der Waals surface area contributed by atoms with Gasteiger partial charge in [-0.1, -0.05) is 18.2 Å². The van der Waals surface area contributed by atoms with Crippen molar-refractivity contribution in [1.29, 1.82) is 0 Å². The zero-order valence-electron chi connectivity index (χ0n) is 14.5.